The van der Waals surface area contributed by atoms with Crippen molar-refractivity contribution >= 4 is 15.5 Å². The Bertz CT molecular complexity index is 556. The normalized spacial score (nSPS) is 19.1. The molecule has 0 unspecified atom stereocenters. The molecule has 112 valence electrons. The van der Waals surface area contributed by atoms with Gasteiger partial charge in [0.2, 0.25) is 0 Å². The van der Waals surface area contributed by atoms with E-state index < -0.39 is 15.4 Å². The van der Waals surface area contributed by atoms with Crippen molar-refractivity contribution in [1.82, 2.24) is 0 Å². The molecule has 0 aliphatic carbocycles. The molecule has 4 nitrogen and oxygen atoms in total. The zero-order valence-electron chi connectivity index (χ0n) is 12.2. The molecular weight excluding hydrogens is 274 g/mol. The maximum atomic E-state index is 12.3. The van der Waals surface area contributed by atoms with E-state index in [0.29, 0.717) is 37.2 Å². The summed E-state index contributed by atoms with van der Waals surface area (Å²) in [5.74, 6) is 0.176. The van der Waals surface area contributed by atoms with Crippen LogP contribution >= 0.6 is 0 Å². The van der Waals surface area contributed by atoms with Crippen molar-refractivity contribution < 1.29 is 13.5 Å². The summed E-state index contributed by atoms with van der Waals surface area (Å²) in [5.41, 5.74) is 0.143. The standard InChI is InChI=1S/C15H23NO3S/c1-3-12-20(18,19)14-7-5-4-6-13(14)16-10-8-15(2,17)9-11-16/h4-7,17H,3,8-12H2,1-2H3. The molecule has 1 N–H and O–H groups in total. The van der Waals surface area contributed by atoms with E-state index in [1.54, 1.807) is 12.1 Å². The number of rotatable bonds is 4. The van der Waals surface area contributed by atoms with Gasteiger partial charge in [-0.15, -0.1) is 0 Å². The van der Waals surface area contributed by atoms with Crippen molar-refractivity contribution in [2.24, 2.45) is 0 Å². The predicted octanol–water partition coefficient (Wildman–Crippen LogP) is 2.22. The molecule has 5 heteroatoms. The van der Waals surface area contributed by atoms with Crippen molar-refractivity contribution in [1.29, 1.82) is 0 Å². The lowest BCUT2D eigenvalue weighted by molar-refractivity contribution is 0.0350. The van der Waals surface area contributed by atoms with Crippen molar-refractivity contribution in [2.75, 3.05) is 23.7 Å². The summed E-state index contributed by atoms with van der Waals surface area (Å²) >= 11 is 0. The van der Waals surface area contributed by atoms with Gasteiger partial charge in [-0.25, -0.2) is 8.42 Å². The minimum atomic E-state index is -3.22. The number of aliphatic hydroxyl groups is 1. The second-order valence-corrected chi connectivity index (χ2v) is 7.85. The molecule has 1 heterocycles. The number of piperidine rings is 1. The molecule has 1 aliphatic heterocycles. The molecule has 1 aromatic rings. The first-order valence-electron chi connectivity index (χ1n) is 7.15. The van der Waals surface area contributed by atoms with Gasteiger partial charge in [0.25, 0.3) is 0 Å². The molecular formula is C15H23NO3S. The van der Waals surface area contributed by atoms with E-state index in [9.17, 15) is 13.5 Å². The third-order valence-corrected chi connectivity index (χ3v) is 5.82. The van der Waals surface area contributed by atoms with E-state index in [0.717, 1.165) is 5.69 Å². The summed E-state index contributed by atoms with van der Waals surface area (Å²) in [5, 5.41) is 10.0. The van der Waals surface area contributed by atoms with Crippen molar-refractivity contribution in [3.05, 3.63) is 24.3 Å². The quantitative estimate of drug-likeness (QED) is 0.926. The molecule has 0 aromatic heterocycles. The number of hydrogen-bond acceptors (Lipinski definition) is 4. The number of hydrogen-bond donors (Lipinski definition) is 1. The second-order valence-electron chi connectivity index (χ2n) is 5.77. The molecule has 2 rings (SSSR count). The van der Waals surface area contributed by atoms with E-state index in [1.165, 1.54) is 0 Å². The van der Waals surface area contributed by atoms with E-state index in [-0.39, 0.29) is 5.75 Å². The number of para-hydroxylation sites is 1. The van der Waals surface area contributed by atoms with Crippen LogP contribution < -0.4 is 4.90 Å². The summed E-state index contributed by atoms with van der Waals surface area (Å²) in [6, 6.07) is 7.19. The minimum absolute atomic E-state index is 0.176. The van der Waals surface area contributed by atoms with E-state index >= 15 is 0 Å². The Morgan fingerprint density at radius 2 is 1.85 bits per heavy atom. The average molecular weight is 297 g/mol. The van der Waals surface area contributed by atoms with E-state index in [2.05, 4.69) is 4.90 Å². The number of sulfone groups is 1. The molecule has 20 heavy (non-hydrogen) atoms. The fourth-order valence-corrected chi connectivity index (χ4v) is 4.15. The maximum absolute atomic E-state index is 12.3. The number of nitrogens with zero attached hydrogens (tertiary/aromatic N) is 1. The Morgan fingerprint density at radius 3 is 2.45 bits per heavy atom. The lowest BCUT2D eigenvalue weighted by atomic mass is 9.93. The van der Waals surface area contributed by atoms with Gasteiger partial charge in [-0.1, -0.05) is 19.1 Å². The SMILES string of the molecule is CCCS(=O)(=O)c1ccccc1N1CCC(C)(O)CC1. The molecule has 0 saturated carbocycles. The highest BCUT2D eigenvalue weighted by Crippen LogP contribution is 2.31. The van der Waals surface area contributed by atoms with Crippen LogP contribution in [0.5, 0.6) is 0 Å². The van der Waals surface area contributed by atoms with Crippen LogP contribution in [-0.4, -0.2) is 38.0 Å². The van der Waals surface area contributed by atoms with Crippen LogP contribution in [-0.2, 0) is 9.84 Å². The summed E-state index contributed by atoms with van der Waals surface area (Å²) in [7, 11) is -3.22. The van der Waals surface area contributed by atoms with Crippen molar-refractivity contribution in [2.45, 2.75) is 43.6 Å². The highest BCUT2D eigenvalue weighted by molar-refractivity contribution is 7.91. The van der Waals surface area contributed by atoms with Gasteiger partial charge in [0.05, 0.1) is 21.9 Å². The Kier molecular flexibility index (Phi) is 4.39. The summed E-state index contributed by atoms with van der Waals surface area (Å²) in [4.78, 5) is 2.49. The first kappa shape index (κ1) is 15.3. The maximum Gasteiger partial charge on any atom is 0.180 e. The molecule has 0 atom stereocenters. The van der Waals surface area contributed by atoms with Gasteiger partial charge in [0, 0.05) is 13.1 Å². The predicted molar refractivity (Wildman–Crippen MR) is 80.9 cm³/mol. The fourth-order valence-electron chi connectivity index (χ4n) is 2.59. The molecule has 0 amide bonds. The van der Waals surface area contributed by atoms with Crippen molar-refractivity contribution in [3.8, 4) is 0 Å². The zero-order valence-corrected chi connectivity index (χ0v) is 13.0. The first-order valence-corrected chi connectivity index (χ1v) is 8.80. The van der Waals surface area contributed by atoms with Crippen LogP contribution in [0.15, 0.2) is 29.2 Å². The first-order chi connectivity index (χ1) is 9.36. The molecule has 1 saturated heterocycles. The van der Waals surface area contributed by atoms with Gasteiger partial charge >= 0.3 is 0 Å². The Labute approximate surface area is 121 Å². The zero-order chi connectivity index (χ0) is 14.8. The summed E-state index contributed by atoms with van der Waals surface area (Å²) in [6.45, 7) is 5.08. The second kappa shape index (κ2) is 5.74. The van der Waals surface area contributed by atoms with Crippen molar-refractivity contribution in [3.63, 3.8) is 0 Å². The molecule has 0 spiro atoms. The number of benzene rings is 1. The van der Waals surface area contributed by atoms with Gasteiger partial charge in [-0.2, -0.15) is 0 Å². The lowest BCUT2D eigenvalue weighted by Crippen LogP contribution is -2.42. The highest BCUT2D eigenvalue weighted by Gasteiger charge is 2.29. The molecule has 1 aliphatic rings. The van der Waals surface area contributed by atoms with Crippen LogP contribution in [0.3, 0.4) is 0 Å². The van der Waals surface area contributed by atoms with Crippen LogP contribution in [0.4, 0.5) is 5.69 Å². The van der Waals surface area contributed by atoms with Crippen LogP contribution in [0.1, 0.15) is 33.1 Å². The molecule has 0 bridgehead atoms. The fraction of sp³-hybridized carbons (Fsp3) is 0.600. The average Bonchev–Trinajstić information content (AvgIpc) is 2.39. The molecule has 1 fully saturated rings. The van der Waals surface area contributed by atoms with Gasteiger partial charge in [0.15, 0.2) is 9.84 Å². The smallest absolute Gasteiger partial charge is 0.180 e. The monoisotopic (exact) mass is 297 g/mol. The van der Waals surface area contributed by atoms with Gasteiger partial charge < -0.3 is 10.0 Å². The Hall–Kier alpha value is -1.07. The summed E-state index contributed by atoms with van der Waals surface area (Å²) in [6.07, 6.45) is 1.94. The third-order valence-electron chi connectivity index (χ3n) is 3.85. The molecule has 1 aromatic carbocycles. The van der Waals surface area contributed by atoms with Crippen LogP contribution in [0, 0.1) is 0 Å². The van der Waals surface area contributed by atoms with Gasteiger partial charge in [-0.3, -0.25) is 0 Å². The summed E-state index contributed by atoms with van der Waals surface area (Å²) < 4.78 is 24.7. The third kappa shape index (κ3) is 3.33. The lowest BCUT2D eigenvalue weighted by Gasteiger charge is -2.37. The van der Waals surface area contributed by atoms with Crippen LogP contribution in [0.25, 0.3) is 0 Å². The van der Waals surface area contributed by atoms with Gasteiger partial charge in [-0.05, 0) is 38.3 Å². The molecule has 0 radical (unpaired) electrons. The number of anilines is 1. The minimum Gasteiger partial charge on any atom is -0.390 e. The largest absolute Gasteiger partial charge is 0.390 e. The van der Waals surface area contributed by atoms with E-state index in [4.69, 9.17) is 0 Å². The Morgan fingerprint density at radius 1 is 1.25 bits per heavy atom. The van der Waals surface area contributed by atoms with E-state index in [1.807, 2.05) is 26.0 Å². The highest BCUT2D eigenvalue weighted by atomic mass is 32.2. The van der Waals surface area contributed by atoms with Crippen LogP contribution in [0.2, 0.25) is 0 Å². The van der Waals surface area contributed by atoms with Gasteiger partial charge in [0.1, 0.15) is 0 Å². The topological polar surface area (TPSA) is 57.6 Å². The Balaban J connectivity index is 2.30.